The molecule has 3 nitrogen and oxygen atoms in total. The molecule has 0 aliphatic heterocycles. The van der Waals surface area contributed by atoms with Gasteiger partial charge in [0.2, 0.25) is 0 Å². The smallest absolute Gasteiger partial charge is 0.117 e. The van der Waals surface area contributed by atoms with Gasteiger partial charge in [0.1, 0.15) is 11.8 Å². The maximum Gasteiger partial charge on any atom is 0.117 e. The molecule has 0 unspecified atom stereocenters. The summed E-state index contributed by atoms with van der Waals surface area (Å²) in [6.45, 7) is 3.90. The Morgan fingerprint density at radius 2 is 2.30 bits per heavy atom. The van der Waals surface area contributed by atoms with Crippen molar-refractivity contribution in [1.29, 1.82) is 5.26 Å². The molecule has 0 bridgehead atoms. The first-order valence-electron chi connectivity index (χ1n) is 3.06. The van der Waals surface area contributed by atoms with E-state index in [0.717, 1.165) is 0 Å². The zero-order valence-electron chi connectivity index (χ0n) is 6.20. The highest BCUT2D eigenvalue weighted by Crippen LogP contribution is 1.83. The molecule has 10 heavy (non-hydrogen) atoms. The van der Waals surface area contributed by atoms with Gasteiger partial charge in [0.25, 0.3) is 0 Å². The van der Waals surface area contributed by atoms with Crippen LogP contribution in [0.15, 0.2) is 16.8 Å². The Kier molecular flexibility index (Phi) is 3.97. The lowest BCUT2D eigenvalue weighted by atomic mass is 10.4. The maximum atomic E-state index is 8.20. The van der Waals surface area contributed by atoms with Crippen LogP contribution in [0.2, 0.25) is 0 Å². The summed E-state index contributed by atoms with van der Waals surface area (Å²) in [6.07, 6.45) is 3.03. The highest BCUT2D eigenvalue weighted by atomic mass is 14.7. The normalized spacial score (nSPS) is 12.4. The molecule has 0 spiro atoms. The van der Waals surface area contributed by atoms with Crippen LogP contribution < -0.4 is 5.73 Å². The van der Waals surface area contributed by atoms with Crippen LogP contribution in [0.5, 0.6) is 0 Å². The molecule has 54 valence electrons. The molecule has 0 fully saturated rings. The molecule has 0 saturated heterocycles. The lowest BCUT2D eigenvalue weighted by Crippen LogP contribution is -1.94. The molecule has 0 aromatic carbocycles. The first-order valence-corrected chi connectivity index (χ1v) is 3.06. The zero-order chi connectivity index (χ0) is 7.98. The second-order valence-electron chi connectivity index (χ2n) is 2.13. The summed E-state index contributed by atoms with van der Waals surface area (Å²) in [5, 5.41) is 8.20. The van der Waals surface area contributed by atoms with Crippen LogP contribution in [0.3, 0.4) is 0 Å². The van der Waals surface area contributed by atoms with Gasteiger partial charge in [-0.15, -0.1) is 0 Å². The molecule has 0 aliphatic rings. The van der Waals surface area contributed by atoms with E-state index in [2.05, 4.69) is 4.99 Å². The van der Waals surface area contributed by atoms with E-state index < -0.39 is 0 Å². The fourth-order valence-electron chi connectivity index (χ4n) is 0.333. The molecule has 0 aliphatic carbocycles. The summed E-state index contributed by atoms with van der Waals surface area (Å²) in [5.74, 6) is 0. The van der Waals surface area contributed by atoms with Gasteiger partial charge in [-0.1, -0.05) is 0 Å². The maximum absolute atomic E-state index is 8.20. The molecule has 0 aromatic rings. The topological polar surface area (TPSA) is 62.2 Å². The van der Waals surface area contributed by atoms with Crippen molar-refractivity contribution in [2.24, 2.45) is 10.7 Å². The Morgan fingerprint density at radius 1 is 1.70 bits per heavy atom. The van der Waals surface area contributed by atoms with Gasteiger partial charge in [-0.3, -0.25) is 4.99 Å². The lowest BCUT2D eigenvalue weighted by Gasteiger charge is -1.89. The molecule has 0 aromatic heterocycles. The van der Waals surface area contributed by atoms with Crippen LogP contribution in [-0.4, -0.2) is 12.3 Å². The quantitative estimate of drug-likeness (QED) is 0.452. The van der Waals surface area contributed by atoms with Crippen LogP contribution in [0.1, 0.15) is 13.8 Å². The number of rotatable bonds is 2. The summed E-state index contributed by atoms with van der Waals surface area (Å²) in [6, 6.07) is 2.04. The second kappa shape index (κ2) is 4.57. The zero-order valence-corrected chi connectivity index (χ0v) is 6.20. The predicted molar refractivity (Wildman–Crippen MR) is 41.5 cm³/mol. The van der Waals surface area contributed by atoms with Gasteiger partial charge in [-0.2, -0.15) is 5.26 Å². The van der Waals surface area contributed by atoms with Crippen molar-refractivity contribution in [3.05, 3.63) is 11.8 Å². The summed E-state index contributed by atoms with van der Waals surface area (Å²) in [7, 11) is 0. The van der Waals surface area contributed by atoms with E-state index in [1.807, 2.05) is 13.8 Å². The molecule has 0 rings (SSSR count). The highest BCUT2D eigenvalue weighted by molar-refractivity contribution is 5.73. The van der Waals surface area contributed by atoms with Crippen LogP contribution in [0, 0.1) is 11.3 Å². The van der Waals surface area contributed by atoms with Crippen LogP contribution in [0.25, 0.3) is 0 Å². The van der Waals surface area contributed by atoms with Crippen LogP contribution in [0.4, 0.5) is 0 Å². The SMILES string of the molecule is CC(C)N=C/C=C(\N)C#N. The fraction of sp³-hybridized carbons (Fsp3) is 0.429. The molecule has 0 radical (unpaired) electrons. The molecule has 0 amide bonds. The van der Waals surface area contributed by atoms with E-state index in [0.29, 0.717) is 0 Å². The van der Waals surface area contributed by atoms with Crippen molar-refractivity contribution in [2.45, 2.75) is 19.9 Å². The molecule has 3 heteroatoms. The summed E-state index contributed by atoms with van der Waals surface area (Å²) in [4.78, 5) is 3.98. The number of allylic oxidation sites excluding steroid dienone is 2. The van der Waals surface area contributed by atoms with E-state index in [9.17, 15) is 0 Å². The van der Waals surface area contributed by atoms with E-state index in [1.165, 1.54) is 6.08 Å². The van der Waals surface area contributed by atoms with Gasteiger partial charge < -0.3 is 5.73 Å². The predicted octanol–water partition coefficient (Wildman–Crippen LogP) is 0.832. The third-order valence-electron chi connectivity index (χ3n) is 0.767. The number of aliphatic imine (C=N–C) groups is 1. The van der Waals surface area contributed by atoms with E-state index in [4.69, 9.17) is 11.0 Å². The average molecular weight is 137 g/mol. The van der Waals surface area contributed by atoms with Gasteiger partial charge in [0.05, 0.1) is 0 Å². The summed E-state index contributed by atoms with van der Waals surface area (Å²) >= 11 is 0. The third kappa shape index (κ3) is 4.85. The number of nitriles is 1. The Bertz CT molecular complexity index is 184. The second-order valence-corrected chi connectivity index (χ2v) is 2.13. The molecular formula is C7H11N3. The Balaban J connectivity index is 3.85. The van der Waals surface area contributed by atoms with Crippen molar-refractivity contribution in [2.75, 3.05) is 0 Å². The third-order valence-corrected chi connectivity index (χ3v) is 0.767. The lowest BCUT2D eigenvalue weighted by molar-refractivity contribution is 0.841. The molecular weight excluding hydrogens is 126 g/mol. The van der Waals surface area contributed by atoms with Crippen molar-refractivity contribution in [3.63, 3.8) is 0 Å². The van der Waals surface area contributed by atoms with E-state index in [-0.39, 0.29) is 11.7 Å². The van der Waals surface area contributed by atoms with E-state index >= 15 is 0 Å². The number of hydrogen-bond donors (Lipinski definition) is 1. The van der Waals surface area contributed by atoms with Crippen molar-refractivity contribution >= 4 is 6.21 Å². The van der Waals surface area contributed by atoms with Gasteiger partial charge in [-0.25, -0.2) is 0 Å². The molecule has 0 heterocycles. The van der Waals surface area contributed by atoms with Gasteiger partial charge >= 0.3 is 0 Å². The number of nitrogens with two attached hydrogens (primary N) is 1. The molecule has 0 saturated carbocycles. The van der Waals surface area contributed by atoms with Gasteiger partial charge in [0.15, 0.2) is 0 Å². The number of nitrogens with zero attached hydrogens (tertiary/aromatic N) is 2. The Labute approximate surface area is 60.9 Å². The minimum absolute atomic E-state index is 0.185. The van der Waals surface area contributed by atoms with Crippen LogP contribution >= 0.6 is 0 Å². The van der Waals surface area contributed by atoms with Gasteiger partial charge in [-0.05, 0) is 19.9 Å². The van der Waals surface area contributed by atoms with Crippen molar-refractivity contribution in [3.8, 4) is 6.07 Å². The monoisotopic (exact) mass is 137 g/mol. The minimum atomic E-state index is 0.185. The van der Waals surface area contributed by atoms with E-state index in [1.54, 1.807) is 12.3 Å². The largest absolute Gasteiger partial charge is 0.390 e. The first-order chi connectivity index (χ1) is 4.66. The molecule has 0 atom stereocenters. The minimum Gasteiger partial charge on any atom is -0.390 e. The van der Waals surface area contributed by atoms with Crippen molar-refractivity contribution in [1.82, 2.24) is 0 Å². The van der Waals surface area contributed by atoms with Crippen LogP contribution in [-0.2, 0) is 0 Å². The summed E-state index contributed by atoms with van der Waals surface area (Å²) < 4.78 is 0. The summed E-state index contributed by atoms with van der Waals surface area (Å²) in [5.41, 5.74) is 5.35. The average Bonchev–Trinajstić information content (AvgIpc) is 1.87. The Hall–Kier alpha value is -1.30. The highest BCUT2D eigenvalue weighted by Gasteiger charge is 1.82. The molecule has 2 N–H and O–H groups in total. The fourth-order valence-corrected chi connectivity index (χ4v) is 0.333. The Morgan fingerprint density at radius 3 is 2.70 bits per heavy atom. The first kappa shape index (κ1) is 8.70. The number of hydrogen-bond acceptors (Lipinski definition) is 3. The van der Waals surface area contributed by atoms with Gasteiger partial charge in [0, 0.05) is 12.3 Å². The standard InChI is InChI=1S/C7H11N3/c1-6(2)10-4-3-7(9)5-8/h3-4,6H,9H2,1-2H3/b7-3-,10-4?. The van der Waals surface area contributed by atoms with Crippen molar-refractivity contribution < 1.29 is 0 Å².